The quantitative estimate of drug-likeness (QED) is 0.0120. The Morgan fingerprint density at radius 3 is 1.56 bits per heavy atom. The van der Waals surface area contributed by atoms with E-state index in [1.807, 2.05) is 0 Å². The van der Waals surface area contributed by atoms with Crippen LogP contribution in [0.5, 0.6) is 0 Å². The van der Waals surface area contributed by atoms with E-state index in [2.05, 4.69) is 106 Å². The largest absolute Gasteiger partial charge is 0.477 e. The molecule has 105 heavy (non-hydrogen) atoms. The number of hydrogen-bond donors (Lipinski definition) is 20. The number of rotatable bonds is 36. The van der Waals surface area contributed by atoms with Crippen LogP contribution in [0.3, 0.4) is 0 Å². The van der Waals surface area contributed by atoms with E-state index in [1.165, 1.54) is 44.6 Å². The molecule has 34 heteroatoms. The molecule has 0 aromatic rings. The number of aliphatic hydroxyl groups excluding tert-OH is 16. The predicted molar refractivity (Wildman–Crippen MR) is 359 cm³/mol. The number of unbranched alkanes of at least 4 members (excludes halogenated alkanes) is 11. The number of ether oxygens (including phenoxy) is 10. The molecule has 3 amide bonds. The van der Waals surface area contributed by atoms with Crippen molar-refractivity contribution in [2.45, 2.75) is 282 Å². The number of aliphatic hydroxyl groups is 16. The molecule has 20 N–H and O–H groups in total. The van der Waals surface area contributed by atoms with E-state index in [4.69, 9.17) is 47.4 Å². The van der Waals surface area contributed by atoms with Crippen LogP contribution in [0.25, 0.3) is 0 Å². The van der Waals surface area contributed by atoms with Gasteiger partial charge < -0.3 is 150 Å². The maximum atomic E-state index is 13.8. The highest BCUT2D eigenvalue weighted by atomic mass is 16.8. The van der Waals surface area contributed by atoms with Crippen molar-refractivity contribution in [3.8, 4) is 82.9 Å². The van der Waals surface area contributed by atoms with E-state index >= 15 is 0 Å². The smallest absolute Gasteiger partial charge is 0.364 e. The Morgan fingerprint density at radius 1 is 0.533 bits per heavy atom. The minimum atomic E-state index is -3.41. The van der Waals surface area contributed by atoms with Crippen LogP contribution in [0.15, 0.2) is 12.2 Å². The number of carbonyl (C=O) groups is 4. The molecule has 0 bridgehead atoms. The van der Waals surface area contributed by atoms with Gasteiger partial charge in [0.25, 0.3) is 11.7 Å². The first-order valence-corrected chi connectivity index (χ1v) is 34.5. The van der Waals surface area contributed by atoms with Gasteiger partial charge in [-0.15, -0.1) is 0 Å². The van der Waals surface area contributed by atoms with E-state index in [-0.39, 0.29) is 0 Å². The van der Waals surface area contributed by atoms with Crippen molar-refractivity contribution >= 4 is 23.7 Å². The van der Waals surface area contributed by atoms with Crippen molar-refractivity contribution in [1.29, 1.82) is 0 Å². The first-order chi connectivity index (χ1) is 50.3. The summed E-state index contributed by atoms with van der Waals surface area (Å²) in [5.74, 6) is 25.7. The number of nitrogens with one attached hydrogen (secondary N) is 3. The monoisotopic (exact) mass is 1510 g/mol. The zero-order valence-electron chi connectivity index (χ0n) is 58.5. The third-order valence-electron chi connectivity index (χ3n) is 17.5. The number of hydrogen-bond acceptors (Lipinski definition) is 30. The fourth-order valence-corrected chi connectivity index (χ4v) is 12.0. The molecule has 5 rings (SSSR count). The highest BCUT2D eigenvalue weighted by molar-refractivity contribution is 5.94. The molecule has 0 spiro atoms. The standard InChI is InChI=1S/C71H99N3O31/c1-5-7-9-11-13-15-17-19-21-23-25-27-29-31-43(82)42(74-50(85)32-30-28-26-24-22-20-18-16-14-12-10-8-6-2)39-96-67-59(92)57(90)61(48(37-78)99-67)101-69-60(93)65(105-71(70(94)95)33-44(83)51(72-40(3)80)64(104-71)53(86)45(84)34-75)62(49(38-79)100-69)102-66-52(73-41(4)81)63(55(88)47(36-77)97-66)103-68-58(91)56(89)54(87)46(35-76)98-68/h29,31,42-49,51-69,75-79,82-84,86-93H,5,7,9,11,13,15,17,19,21,23,25,27,33-39H2,1-4H3,(H,72,80)(H,73,81)(H,74,85)(H,94,95)/b31-29+/t42-,43+,44?,45+,46?,47?,48?,49?,51?,52?,53+,54?,55?,56?,57?,58?,59?,60?,61?,62?,63?,64?,65?,66?,67?,68?,69?,71?/m0/s1/i2+1,6+1,8+1,10+1,12+1,14+1,16+1,18+1,20+1,22+1,24+1,26+1,28+1,30+1,32+1,50+1. The van der Waals surface area contributed by atoms with Gasteiger partial charge in [0.15, 0.2) is 25.2 Å². The number of carboxylic acid groups (broad SMARTS) is 1. The molecule has 0 radical (unpaired) electrons. The predicted octanol–water partition coefficient (Wildman–Crippen LogP) is -7.26. The third-order valence-corrected chi connectivity index (χ3v) is 17.5. The molecule has 584 valence electrons. The summed E-state index contributed by atoms with van der Waals surface area (Å²) in [6.07, 6.45) is -35.8. The Balaban J connectivity index is 1.47. The Bertz CT molecular complexity index is 3240. The van der Waals surface area contributed by atoms with Crippen LogP contribution >= 0.6 is 0 Å². The molecule has 5 fully saturated rings. The maximum Gasteiger partial charge on any atom is 0.364 e. The second kappa shape index (κ2) is 46.0. The topological polar surface area (TPSA) is 541 Å². The number of amides is 3. The van der Waals surface area contributed by atoms with Crippen LogP contribution in [0.1, 0.15) is 111 Å². The van der Waals surface area contributed by atoms with Crippen molar-refractivity contribution in [2.24, 2.45) is 0 Å². The second-order valence-corrected chi connectivity index (χ2v) is 25.4. The van der Waals surface area contributed by atoms with Gasteiger partial charge in [0.05, 0.1) is 63.9 Å². The van der Waals surface area contributed by atoms with Crippen LogP contribution in [-0.2, 0) is 66.5 Å². The molecule has 5 aliphatic heterocycles. The molecule has 0 aliphatic carbocycles. The Labute approximate surface area is 607 Å². The van der Waals surface area contributed by atoms with E-state index in [0.717, 1.165) is 46.0 Å². The Hall–Kier alpha value is -6.50. The van der Waals surface area contributed by atoms with Crippen LogP contribution in [-0.4, -0.2) is 321 Å². The average Bonchev–Trinajstić information content (AvgIpc) is 0.759. The Kier molecular flexibility index (Phi) is 39.0. The van der Waals surface area contributed by atoms with Gasteiger partial charge in [-0.05, 0) is 90.8 Å². The summed E-state index contributed by atoms with van der Waals surface area (Å²) in [5.41, 5.74) is 0. The molecule has 5 aliphatic rings. The average molecular weight is 1510 g/mol. The van der Waals surface area contributed by atoms with E-state index in [0.29, 0.717) is 6.42 Å². The fourth-order valence-electron chi connectivity index (χ4n) is 12.0. The van der Waals surface area contributed by atoms with Crippen LogP contribution in [0.4, 0.5) is 0 Å². The molecule has 0 aromatic carbocycles. The highest BCUT2D eigenvalue weighted by Gasteiger charge is 2.62. The molecule has 0 aromatic heterocycles. The van der Waals surface area contributed by atoms with E-state index in [9.17, 15) is 106 Å². The molecule has 24 unspecified atom stereocenters. The van der Waals surface area contributed by atoms with Crippen molar-refractivity contribution < 1.29 is 153 Å². The summed E-state index contributed by atoms with van der Waals surface area (Å²) in [5, 5.41) is 196. The lowest BCUT2D eigenvalue weighted by molar-refractivity contribution is -0.403. The second-order valence-electron chi connectivity index (χ2n) is 25.4. The molecule has 5 heterocycles. The van der Waals surface area contributed by atoms with Gasteiger partial charge in [0.2, 0.25) is 11.8 Å². The van der Waals surface area contributed by atoms with Gasteiger partial charge in [0, 0.05) is 26.2 Å². The van der Waals surface area contributed by atoms with Crippen molar-refractivity contribution in [2.75, 3.05) is 39.6 Å². The van der Waals surface area contributed by atoms with Gasteiger partial charge >= 0.3 is 5.97 Å². The van der Waals surface area contributed by atoms with Gasteiger partial charge in [-0.25, -0.2) is 4.79 Å². The lowest BCUT2D eigenvalue weighted by Gasteiger charge is -2.52. The van der Waals surface area contributed by atoms with Gasteiger partial charge in [-0.3, -0.25) is 14.4 Å². The third kappa shape index (κ3) is 26.4. The van der Waals surface area contributed by atoms with Gasteiger partial charge in [-0.1, -0.05) is 89.2 Å². The minimum absolute atomic E-state index is 0.552. The number of aliphatic carboxylic acids is 1. The summed E-state index contributed by atoms with van der Waals surface area (Å²) in [4.78, 5) is 52.5. The number of carbonyl (C=O) groups excluding carboxylic acids is 3. The van der Waals surface area contributed by atoms with Gasteiger partial charge in [-0.2, -0.15) is 0 Å². The number of allylic oxidation sites excluding steroid dienone is 1. The van der Waals surface area contributed by atoms with Crippen LogP contribution < -0.4 is 16.0 Å². The molecule has 5 saturated heterocycles. The molecule has 28 atom stereocenters. The maximum absolute atomic E-state index is 13.8. The first-order valence-electron chi connectivity index (χ1n) is 34.5. The SMILES string of the molecule is CCCCCCCCCCCCC/C=C/[C@@H](O)[C@H](COC1OC(CO)C(OC2OC(CO)C(OC3OC(CO)C(O)C(OC4OC(CO)C(O)C(O)C4O)C3NC(C)=O)C(OC3(C(=O)O)CC(O)C(NC(C)=O)C([C@H](O)[C@H](O)CO)O3)C2O)C(O)C1O)N[13C](=O)[13C]#[13C][13C]#[13C][13C]#[13C][13C]#[13C][13C]#[13C][13C]#[13C][13C]#[13C][13CH3]. The lowest BCUT2D eigenvalue weighted by Crippen LogP contribution is -2.72. The van der Waals surface area contributed by atoms with E-state index in [1.54, 1.807) is 13.0 Å². The van der Waals surface area contributed by atoms with Gasteiger partial charge in [0.1, 0.15) is 116 Å². The molecular formula is C71H99N3O31. The lowest BCUT2D eigenvalue weighted by atomic mass is 9.88. The molecular weight excluding hydrogens is 1410 g/mol. The Morgan fingerprint density at radius 2 is 1.01 bits per heavy atom. The highest BCUT2D eigenvalue weighted by Crippen LogP contribution is 2.41. The zero-order valence-corrected chi connectivity index (χ0v) is 58.5. The summed E-state index contributed by atoms with van der Waals surface area (Å²) >= 11 is 0. The summed E-state index contributed by atoms with van der Waals surface area (Å²) in [6, 6.07) is -5.08. The summed E-state index contributed by atoms with van der Waals surface area (Å²) in [6.45, 7) is -0.662. The molecule has 0 saturated carbocycles. The van der Waals surface area contributed by atoms with Crippen LogP contribution in [0, 0.1) is 82.9 Å². The van der Waals surface area contributed by atoms with Crippen LogP contribution in [0.2, 0.25) is 0 Å². The summed E-state index contributed by atoms with van der Waals surface area (Å²) < 4.78 is 59.6. The summed E-state index contributed by atoms with van der Waals surface area (Å²) in [7, 11) is 0. The van der Waals surface area contributed by atoms with Crippen molar-refractivity contribution in [1.82, 2.24) is 16.0 Å². The zero-order chi connectivity index (χ0) is 77.3. The normalized spacial score (nSPS) is 34.0. The fraction of sp³-hybridized carbons (Fsp3) is 0.718. The minimum Gasteiger partial charge on any atom is -0.477 e. The van der Waals surface area contributed by atoms with Crippen molar-refractivity contribution in [3.63, 3.8) is 0 Å². The van der Waals surface area contributed by atoms with E-state index < -0.39 is 241 Å². The first kappa shape index (κ1) is 89.1. The van der Waals surface area contributed by atoms with Crippen molar-refractivity contribution in [3.05, 3.63) is 12.2 Å². The number of carboxylic acids is 1. The molecule has 34 nitrogen and oxygen atoms in total.